The zero-order valence-corrected chi connectivity index (χ0v) is 15.8. The number of nitrogens with one attached hydrogen (secondary N) is 1. The molecule has 2 atom stereocenters. The van der Waals surface area contributed by atoms with Crippen molar-refractivity contribution in [1.82, 2.24) is 4.98 Å². The first-order valence-corrected chi connectivity index (χ1v) is 9.40. The number of hydrogen-bond acceptors (Lipinski definition) is 3. The summed E-state index contributed by atoms with van der Waals surface area (Å²) in [6.07, 6.45) is -2.26. The number of alkyl halides is 3. The van der Waals surface area contributed by atoms with Crippen molar-refractivity contribution in [2.45, 2.75) is 37.1 Å². The molecule has 1 amide bonds. The minimum atomic E-state index is -4.87. The highest BCUT2D eigenvalue weighted by molar-refractivity contribution is 6.30. The number of rotatable bonds is 3. The van der Waals surface area contributed by atoms with Crippen LogP contribution in [0.2, 0.25) is 5.02 Å². The summed E-state index contributed by atoms with van der Waals surface area (Å²) in [7, 11) is 0. The van der Waals surface area contributed by atoms with Crippen molar-refractivity contribution < 1.29 is 22.7 Å². The van der Waals surface area contributed by atoms with E-state index < -0.39 is 23.6 Å². The summed E-state index contributed by atoms with van der Waals surface area (Å²) >= 11 is 6.01. The fourth-order valence-electron chi connectivity index (χ4n) is 3.30. The number of anilines is 1. The van der Waals surface area contributed by atoms with Crippen LogP contribution in [0.4, 0.5) is 18.9 Å². The maximum atomic E-state index is 14.6. The number of amides is 1. The first kappa shape index (κ1) is 19.7. The highest BCUT2D eigenvalue weighted by atomic mass is 35.5. The lowest BCUT2D eigenvalue weighted by molar-refractivity contribution is -0.208. The van der Waals surface area contributed by atoms with Crippen molar-refractivity contribution in [1.29, 1.82) is 0 Å². The van der Waals surface area contributed by atoms with Crippen LogP contribution in [-0.4, -0.2) is 23.2 Å². The van der Waals surface area contributed by atoms with Gasteiger partial charge in [0.15, 0.2) is 11.5 Å². The van der Waals surface area contributed by atoms with Gasteiger partial charge < -0.3 is 10.1 Å². The molecule has 0 spiro atoms. The fraction of sp³-hybridized carbons (Fsp3) is 0.333. The van der Waals surface area contributed by atoms with Gasteiger partial charge in [-0.25, -0.2) is 0 Å². The van der Waals surface area contributed by atoms with Gasteiger partial charge in [0, 0.05) is 34.6 Å². The SMILES string of the molecule is O=C1Nc2ccc(Cl)cc2[C@](C#CC2CC2)(C(F)(F)F)[C@H]1OCc1cccnc1. The standard InChI is InChI=1S/C21H16ClF3N2O2/c22-15-5-6-17-16(10-15)20(21(23,24)25,8-7-13-3-4-13)18(19(28)27-17)29-12-14-2-1-9-26-11-14/h1-2,5-6,9-11,13,18H,3-4,12H2,(H,27,28)/t18-,20-/m0/s1. The van der Waals surface area contributed by atoms with Crippen LogP contribution < -0.4 is 5.32 Å². The van der Waals surface area contributed by atoms with Crippen molar-refractivity contribution in [3.05, 3.63) is 58.9 Å². The minimum Gasteiger partial charge on any atom is -0.361 e. The van der Waals surface area contributed by atoms with E-state index in [0.717, 1.165) is 12.8 Å². The zero-order chi connectivity index (χ0) is 20.6. The number of benzene rings is 1. The van der Waals surface area contributed by atoms with Crippen LogP contribution >= 0.6 is 11.6 Å². The molecule has 0 bridgehead atoms. The number of aromatic nitrogens is 1. The van der Waals surface area contributed by atoms with Crippen molar-refractivity contribution in [2.75, 3.05) is 5.32 Å². The number of ether oxygens (including phenoxy) is 1. The summed E-state index contributed by atoms with van der Waals surface area (Å²) in [6, 6.07) is 7.27. The molecule has 0 radical (unpaired) electrons. The van der Waals surface area contributed by atoms with Gasteiger partial charge in [-0.05, 0) is 42.7 Å². The highest BCUT2D eigenvalue weighted by Gasteiger charge is 2.65. The van der Waals surface area contributed by atoms with Gasteiger partial charge in [0.2, 0.25) is 0 Å². The van der Waals surface area contributed by atoms with Crippen molar-refractivity contribution >= 4 is 23.2 Å². The van der Waals surface area contributed by atoms with Gasteiger partial charge in [-0.3, -0.25) is 9.78 Å². The summed E-state index contributed by atoms with van der Waals surface area (Å²) in [4.78, 5) is 16.7. The second kappa shape index (κ2) is 7.36. The van der Waals surface area contributed by atoms with E-state index in [1.807, 2.05) is 0 Å². The molecule has 150 valence electrons. The Morgan fingerprint density at radius 2 is 2.10 bits per heavy atom. The Kier molecular flexibility index (Phi) is 5.01. The predicted octanol–water partition coefficient (Wildman–Crippen LogP) is 4.49. The van der Waals surface area contributed by atoms with E-state index in [1.165, 1.54) is 30.6 Å². The lowest BCUT2D eigenvalue weighted by Gasteiger charge is -2.41. The van der Waals surface area contributed by atoms with Gasteiger partial charge in [-0.15, -0.1) is 0 Å². The Balaban J connectivity index is 1.84. The second-order valence-corrected chi connectivity index (χ2v) is 7.52. The van der Waals surface area contributed by atoms with E-state index in [-0.39, 0.29) is 28.8 Å². The molecule has 1 saturated carbocycles. The van der Waals surface area contributed by atoms with Crippen molar-refractivity contribution in [3.8, 4) is 11.8 Å². The number of carbonyl (C=O) groups excluding carboxylic acids is 1. The molecule has 2 heterocycles. The molecule has 0 saturated heterocycles. The van der Waals surface area contributed by atoms with Crippen LogP contribution in [0.5, 0.6) is 0 Å². The Labute approximate surface area is 170 Å². The van der Waals surface area contributed by atoms with Crippen LogP contribution in [0.1, 0.15) is 24.0 Å². The maximum absolute atomic E-state index is 14.6. The number of halogens is 4. The Morgan fingerprint density at radius 1 is 1.31 bits per heavy atom. The number of carbonyl (C=O) groups is 1. The smallest absolute Gasteiger partial charge is 0.361 e. The van der Waals surface area contributed by atoms with Gasteiger partial charge in [0.05, 0.1) is 6.61 Å². The van der Waals surface area contributed by atoms with E-state index in [9.17, 15) is 18.0 Å². The molecule has 1 aromatic carbocycles. The lowest BCUT2D eigenvalue weighted by atomic mass is 9.71. The Morgan fingerprint density at radius 3 is 2.76 bits per heavy atom. The minimum absolute atomic E-state index is 0.0306. The molecular formula is C21H16ClF3N2O2. The molecule has 4 rings (SSSR count). The second-order valence-electron chi connectivity index (χ2n) is 7.08. The molecule has 1 aromatic heterocycles. The van der Waals surface area contributed by atoms with Crippen LogP contribution in [-0.2, 0) is 21.6 Å². The topological polar surface area (TPSA) is 51.2 Å². The summed E-state index contributed by atoms with van der Waals surface area (Å²) in [6.45, 7) is -0.217. The average Bonchev–Trinajstić information content (AvgIpc) is 3.50. The van der Waals surface area contributed by atoms with Crippen LogP contribution in [0.15, 0.2) is 42.7 Å². The van der Waals surface area contributed by atoms with Crippen molar-refractivity contribution in [2.24, 2.45) is 5.92 Å². The van der Waals surface area contributed by atoms with E-state index >= 15 is 0 Å². The molecule has 29 heavy (non-hydrogen) atoms. The first-order chi connectivity index (χ1) is 13.8. The van der Waals surface area contributed by atoms with Gasteiger partial charge in [-0.1, -0.05) is 29.5 Å². The molecule has 2 aromatic rings. The van der Waals surface area contributed by atoms with E-state index in [1.54, 1.807) is 12.1 Å². The normalized spacial score (nSPS) is 23.6. The third-order valence-electron chi connectivity index (χ3n) is 4.93. The number of pyridine rings is 1. The van der Waals surface area contributed by atoms with Gasteiger partial charge in [-0.2, -0.15) is 13.2 Å². The largest absolute Gasteiger partial charge is 0.412 e. The molecule has 1 fully saturated rings. The predicted molar refractivity (Wildman–Crippen MR) is 101 cm³/mol. The van der Waals surface area contributed by atoms with Crippen LogP contribution in [0.3, 0.4) is 0 Å². The zero-order valence-electron chi connectivity index (χ0n) is 15.1. The Hall–Kier alpha value is -2.56. The van der Waals surface area contributed by atoms with Gasteiger partial charge >= 0.3 is 6.18 Å². The third-order valence-corrected chi connectivity index (χ3v) is 5.17. The molecule has 1 aliphatic carbocycles. The van der Waals surface area contributed by atoms with Gasteiger partial charge in [0.25, 0.3) is 5.91 Å². The Bertz CT molecular complexity index is 996. The molecule has 4 nitrogen and oxygen atoms in total. The van der Waals surface area contributed by atoms with Crippen LogP contribution in [0, 0.1) is 17.8 Å². The highest BCUT2D eigenvalue weighted by Crippen LogP contribution is 2.50. The average molecular weight is 421 g/mol. The monoisotopic (exact) mass is 420 g/mol. The van der Waals surface area contributed by atoms with Crippen molar-refractivity contribution in [3.63, 3.8) is 0 Å². The molecule has 1 N–H and O–H groups in total. The first-order valence-electron chi connectivity index (χ1n) is 9.02. The third kappa shape index (κ3) is 3.70. The number of nitrogens with zero attached hydrogens (tertiary/aromatic N) is 1. The molecule has 1 aliphatic heterocycles. The summed E-state index contributed by atoms with van der Waals surface area (Å²) in [5.74, 6) is 4.11. The maximum Gasteiger partial charge on any atom is 0.412 e. The molecule has 8 heteroatoms. The van der Waals surface area contributed by atoms with Crippen LogP contribution in [0.25, 0.3) is 0 Å². The molecule has 0 unspecified atom stereocenters. The number of hydrogen-bond donors (Lipinski definition) is 1. The quantitative estimate of drug-likeness (QED) is 0.744. The molecule has 2 aliphatic rings. The summed E-state index contributed by atoms with van der Waals surface area (Å²) in [5.41, 5.74) is -2.45. The van der Waals surface area contributed by atoms with Gasteiger partial charge in [0.1, 0.15) is 0 Å². The fourth-order valence-corrected chi connectivity index (χ4v) is 3.47. The van der Waals surface area contributed by atoms with E-state index in [4.69, 9.17) is 16.3 Å². The summed E-state index contributed by atoms with van der Waals surface area (Å²) < 4.78 is 49.4. The van der Waals surface area contributed by atoms with E-state index in [0.29, 0.717) is 5.56 Å². The molecular weight excluding hydrogens is 405 g/mol. The summed E-state index contributed by atoms with van der Waals surface area (Å²) in [5, 5.41) is 2.62. The lowest BCUT2D eigenvalue weighted by Crippen LogP contribution is -2.59. The number of fused-ring (bicyclic) bond motifs is 1. The van der Waals surface area contributed by atoms with E-state index in [2.05, 4.69) is 22.1 Å².